The second-order valence-corrected chi connectivity index (χ2v) is 6.82. The molecule has 1 heterocycles. The van der Waals surface area contributed by atoms with Crippen LogP contribution < -0.4 is 5.32 Å². The summed E-state index contributed by atoms with van der Waals surface area (Å²) in [7, 11) is 0. The van der Waals surface area contributed by atoms with Gasteiger partial charge in [-0.25, -0.2) is 4.39 Å². The summed E-state index contributed by atoms with van der Waals surface area (Å²) in [4.78, 5) is 38.1. The molecule has 26 heavy (non-hydrogen) atoms. The SMILES string of the molecule is CC(C)NC(=O)[C@H](C)OC(=O)C1CCN(C(=O)c2ccc(F)cc2)CC1. The molecular formula is C19H25FN2O4. The lowest BCUT2D eigenvalue weighted by Gasteiger charge is -2.31. The van der Waals surface area contributed by atoms with Crippen LogP contribution in [-0.2, 0) is 14.3 Å². The fourth-order valence-corrected chi connectivity index (χ4v) is 2.82. The van der Waals surface area contributed by atoms with E-state index >= 15 is 0 Å². The molecule has 1 aliphatic rings. The second kappa shape index (κ2) is 8.78. The Hall–Kier alpha value is -2.44. The maximum absolute atomic E-state index is 13.0. The third kappa shape index (κ3) is 5.28. The van der Waals surface area contributed by atoms with Crippen molar-refractivity contribution in [3.8, 4) is 0 Å². The van der Waals surface area contributed by atoms with Gasteiger partial charge in [0.15, 0.2) is 6.10 Å². The molecule has 6 nitrogen and oxygen atoms in total. The largest absolute Gasteiger partial charge is 0.452 e. The maximum atomic E-state index is 13.0. The van der Waals surface area contributed by atoms with Crippen molar-refractivity contribution in [2.24, 2.45) is 5.92 Å². The highest BCUT2D eigenvalue weighted by Crippen LogP contribution is 2.21. The number of carbonyl (C=O) groups is 3. The van der Waals surface area contributed by atoms with Gasteiger partial charge >= 0.3 is 5.97 Å². The van der Waals surface area contributed by atoms with Crippen LogP contribution >= 0.6 is 0 Å². The summed E-state index contributed by atoms with van der Waals surface area (Å²) in [6.07, 6.45) is 0.109. The molecule has 0 unspecified atom stereocenters. The zero-order chi connectivity index (χ0) is 19.3. The lowest BCUT2D eigenvalue weighted by atomic mass is 9.96. The Morgan fingerprint density at radius 3 is 2.23 bits per heavy atom. The molecule has 1 aliphatic heterocycles. The molecule has 1 saturated heterocycles. The molecule has 7 heteroatoms. The number of benzene rings is 1. The number of nitrogens with one attached hydrogen (secondary N) is 1. The van der Waals surface area contributed by atoms with E-state index in [9.17, 15) is 18.8 Å². The van der Waals surface area contributed by atoms with Gasteiger partial charge in [-0.1, -0.05) is 0 Å². The first kappa shape index (κ1) is 19.9. The first-order valence-electron chi connectivity index (χ1n) is 8.83. The van der Waals surface area contributed by atoms with Gasteiger partial charge in [0.1, 0.15) is 5.82 Å². The van der Waals surface area contributed by atoms with E-state index in [1.165, 1.54) is 24.3 Å². The smallest absolute Gasteiger partial charge is 0.309 e. The van der Waals surface area contributed by atoms with Gasteiger partial charge in [-0.2, -0.15) is 0 Å². The van der Waals surface area contributed by atoms with Crippen LogP contribution in [0.3, 0.4) is 0 Å². The molecule has 1 fully saturated rings. The van der Waals surface area contributed by atoms with Gasteiger partial charge in [-0.05, 0) is 57.9 Å². The van der Waals surface area contributed by atoms with E-state index in [2.05, 4.69) is 5.32 Å². The van der Waals surface area contributed by atoms with Gasteiger partial charge in [0.05, 0.1) is 5.92 Å². The highest BCUT2D eigenvalue weighted by Gasteiger charge is 2.30. The molecule has 0 radical (unpaired) electrons. The molecule has 1 N–H and O–H groups in total. The number of likely N-dealkylation sites (tertiary alicyclic amines) is 1. The first-order chi connectivity index (χ1) is 12.3. The molecule has 142 valence electrons. The van der Waals surface area contributed by atoms with Crippen molar-refractivity contribution in [1.29, 1.82) is 0 Å². The standard InChI is InChI=1S/C19H25FN2O4/c1-12(2)21-17(23)13(3)26-19(25)15-8-10-22(11-9-15)18(24)14-4-6-16(20)7-5-14/h4-7,12-13,15H,8-11H2,1-3H3,(H,21,23)/t13-/m0/s1. The van der Waals surface area contributed by atoms with E-state index in [4.69, 9.17) is 4.74 Å². The Morgan fingerprint density at radius 2 is 1.69 bits per heavy atom. The lowest BCUT2D eigenvalue weighted by Crippen LogP contribution is -2.43. The van der Waals surface area contributed by atoms with Crippen molar-refractivity contribution >= 4 is 17.8 Å². The summed E-state index contributed by atoms with van der Waals surface area (Å²) in [5.41, 5.74) is 0.423. The van der Waals surface area contributed by atoms with Crippen LogP contribution in [0.5, 0.6) is 0 Å². The van der Waals surface area contributed by atoms with Gasteiger partial charge in [0, 0.05) is 24.7 Å². The number of halogens is 1. The molecule has 0 bridgehead atoms. The highest BCUT2D eigenvalue weighted by atomic mass is 19.1. The zero-order valence-electron chi connectivity index (χ0n) is 15.3. The van der Waals surface area contributed by atoms with E-state index in [0.29, 0.717) is 31.5 Å². The first-order valence-corrected chi connectivity index (χ1v) is 8.83. The molecule has 0 saturated carbocycles. The van der Waals surface area contributed by atoms with Crippen molar-refractivity contribution in [1.82, 2.24) is 10.2 Å². The topological polar surface area (TPSA) is 75.7 Å². The lowest BCUT2D eigenvalue weighted by molar-refractivity contribution is -0.160. The summed E-state index contributed by atoms with van der Waals surface area (Å²) >= 11 is 0. The molecule has 2 rings (SSSR count). The van der Waals surface area contributed by atoms with E-state index in [1.807, 2.05) is 13.8 Å². The predicted octanol–water partition coefficient (Wildman–Crippen LogP) is 2.13. The Kier molecular flexibility index (Phi) is 6.71. The molecule has 0 aliphatic carbocycles. The molecule has 0 aromatic heterocycles. The normalized spacial score (nSPS) is 16.3. The molecule has 0 spiro atoms. The van der Waals surface area contributed by atoms with E-state index in [0.717, 1.165) is 0 Å². The molecular weight excluding hydrogens is 339 g/mol. The third-order valence-electron chi connectivity index (χ3n) is 4.30. The number of hydrogen-bond donors (Lipinski definition) is 1. The van der Waals surface area contributed by atoms with Crippen LogP contribution in [-0.4, -0.2) is 47.9 Å². The fourth-order valence-electron chi connectivity index (χ4n) is 2.82. The Balaban J connectivity index is 1.83. The average molecular weight is 364 g/mol. The van der Waals surface area contributed by atoms with Gasteiger partial charge in [0.25, 0.3) is 11.8 Å². The van der Waals surface area contributed by atoms with Crippen molar-refractivity contribution < 1.29 is 23.5 Å². The number of ether oxygens (including phenoxy) is 1. The number of nitrogens with zero attached hydrogens (tertiary/aromatic N) is 1. The number of piperidine rings is 1. The molecule has 1 atom stereocenters. The number of carbonyl (C=O) groups excluding carboxylic acids is 3. The van der Waals surface area contributed by atoms with Crippen LogP contribution in [0.4, 0.5) is 4.39 Å². The molecule has 1 aromatic carbocycles. The quantitative estimate of drug-likeness (QED) is 0.812. The van der Waals surface area contributed by atoms with Gasteiger partial charge in [-0.15, -0.1) is 0 Å². The van der Waals surface area contributed by atoms with Crippen molar-refractivity contribution in [3.05, 3.63) is 35.6 Å². The second-order valence-electron chi connectivity index (χ2n) is 6.82. The van der Waals surface area contributed by atoms with Crippen molar-refractivity contribution in [3.63, 3.8) is 0 Å². The van der Waals surface area contributed by atoms with E-state index in [1.54, 1.807) is 11.8 Å². The summed E-state index contributed by atoms with van der Waals surface area (Å²) in [5, 5.41) is 2.70. The monoisotopic (exact) mass is 364 g/mol. The number of rotatable bonds is 5. The minimum absolute atomic E-state index is 0.0237. The van der Waals surface area contributed by atoms with Crippen LogP contribution in [0.25, 0.3) is 0 Å². The Bertz CT molecular complexity index is 652. The summed E-state index contributed by atoms with van der Waals surface area (Å²) < 4.78 is 18.2. The minimum Gasteiger partial charge on any atom is -0.452 e. The zero-order valence-corrected chi connectivity index (χ0v) is 15.3. The van der Waals surface area contributed by atoms with Crippen molar-refractivity contribution in [2.75, 3.05) is 13.1 Å². The van der Waals surface area contributed by atoms with Crippen LogP contribution in [0.1, 0.15) is 44.0 Å². The number of hydrogen-bond acceptors (Lipinski definition) is 4. The summed E-state index contributed by atoms with van der Waals surface area (Å²) in [6, 6.07) is 5.38. The summed E-state index contributed by atoms with van der Waals surface area (Å²) in [5.74, 6) is -1.63. The molecule has 1 aromatic rings. The fraction of sp³-hybridized carbons (Fsp3) is 0.526. The van der Waals surface area contributed by atoms with Crippen LogP contribution in [0.15, 0.2) is 24.3 Å². The van der Waals surface area contributed by atoms with E-state index < -0.39 is 17.9 Å². The number of esters is 1. The van der Waals surface area contributed by atoms with Crippen LogP contribution in [0.2, 0.25) is 0 Å². The average Bonchev–Trinajstić information content (AvgIpc) is 2.61. The van der Waals surface area contributed by atoms with E-state index in [-0.39, 0.29) is 23.8 Å². The Labute approximate surface area is 152 Å². The van der Waals surface area contributed by atoms with Gasteiger partial charge in [-0.3, -0.25) is 14.4 Å². The molecule has 2 amide bonds. The van der Waals surface area contributed by atoms with Gasteiger partial charge in [0.2, 0.25) is 0 Å². The predicted molar refractivity (Wildman–Crippen MR) is 93.9 cm³/mol. The minimum atomic E-state index is -0.844. The summed E-state index contributed by atoms with van der Waals surface area (Å²) in [6.45, 7) is 6.05. The maximum Gasteiger partial charge on any atom is 0.309 e. The van der Waals surface area contributed by atoms with Crippen molar-refractivity contribution in [2.45, 2.75) is 45.8 Å². The third-order valence-corrected chi connectivity index (χ3v) is 4.30. The van der Waals surface area contributed by atoms with Gasteiger partial charge < -0.3 is 15.0 Å². The van der Waals surface area contributed by atoms with Crippen LogP contribution in [0, 0.1) is 11.7 Å². The Morgan fingerprint density at radius 1 is 1.12 bits per heavy atom. The number of amides is 2. The highest BCUT2D eigenvalue weighted by molar-refractivity contribution is 5.94.